The molecule has 0 radical (unpaired) electrons. The number of nitrogens with zero attached hydrogens (tertiary/aromatic N) is 4. The van der Waals surface area contributed by atoms with Crippen LogP contribution >= 0.6 is 0 Å². The lowest BCUT2D eigenvalue weighted by molar-refractivity contribution is -0.384. The third-order valence-corrected chi connectivity index (χ3v) is 5.26. The molecule has 2 aromatic heterocycles. The van der Waals surface area contributed by atoms with Crippen LogP contribution in [0, 0.1) is 21.8 Å². The van der Waals surface area contributed by atoms with Crippen LogP contribution in [-0.4, -0.2) is 29.9 Å². The van der Waals surface area contributed by atoms with E-state index in [1.54, 1.807) is 4.57 Å². The van der Waals surface area contributed by atoms with Crippen LogP contribution in [0.1, 0.15) is 45.9 Å². The number of benzene rings is 1. The number of unbranched alkanes of at least 4 members (excludes halogenated alkanes) is 1. The van der Waals surface area contributed by atoms with Gasteiger partial charge in [0.25, 0.3) is 11.2 Å². The second-order valence-corrected chi connectivity index (χ2v) is 8.44. The number of non-ortho nitro benzene ring substituents is 1. The summed E-state index contributed by atoms with van der Waals surface area (Å²) in [6.45, 7) is 6.76. The SMILES string of the molecule is CCCCn1c(=O)[nH]c(=O)c2c1nc(CCC(=O)Nc1cc([N+](=O)[O-])ccc1F)n2CC(C)C. The van der Waals surface area contributed by atoms with Crippen molar-refractivity contribution in [1.82, 2.24) is 19.1 Å². The molecule has 0 saturated carbocycles. The fourth-order valence-corrected chi connectivity index (χ4v) is 3.65. The fourth-order valence-electron chi connectivity index (χ4n) is 3.65. The number of nitrogens with one attached hydrogen (secondary N) is 2. The number of hydrogen-bond acceptors (Lipinski definition) is 6. The van der Waals surface area contributed by atoms with E-state index in [0.29, 0.717) is 18.9 Å². The van der Waals surface area contributed by atoms with Gasteiger partial charge in [-0.25, -0.2) is 14.2 Å². The maximum Gasteiger partial charge on any atom is 0.330 e. The molecule has 182 valence electrons. The number of fused-ring (bicyclic) bond motifs is 1. The van der Waals surface area contributed by atoms with E-state index < -0.39 is 27.9 Å². The highest BCUT2D eigenvalue weighted by Gasteiger charge is 2.20. The minimum absolute atomic E-state index is 0.110. The van der Waals surface area contributed by atoms with E-state index in [-0.39, 0.29) is 41.3 Å². The van der Waals surface area contributed by atoms with E-state index in [4.69, 9.17) is 0 Å². The lowest BCUT2D eigenvalue weighted by Crippen LogP contribution is -2.31. The van der Waals surface area contributed by atoms with Gasteiger partial charge in [-0.2, -0.15) is 0 Å². The molecule has 0 atom stereocenters. The minimum Gasteiger partial charge on any atom is -0.323 e. The Morgan fingerprint density at radius 2 is 2.03 bits per heavy atom. The quantitative estimate of drug-likeness (QED) is 0.341. The first kappa shape index (κ1) is 24.8. The van der Waals surface area contributed by atoms with Crippen LogP contribution < -0.4 is 16.6 Å². The van der Waals surface area contributed by atoms with E-state index >= 15 is 0 Å². The maximum absolute atomic E-state index is 14.0. The summed E-state index contributed by atoms with van der Waals surface area (Å²) in [7, 11) is 0. The number of rotatable bonds is 10. The van der Waals surface area contributed by atoms with E-state index in [9.17, 15) is 28.9 Å². The zero-order chi connectivity index (χ0) is 25.0. The summed E-state index contributed by atoms with van der Waals surface area (Å²) < 4.78 is 17.1. The number of hydrogen-bond donors (Lipinski definition) is 2. The van der Waals surface area contributed by atoms with Crippen molar-refractivity contribution in [2.24, 2.45) is 5.92 Å². The van der Waals surface area contributed by atoms with Crippen LogP contribution in [-0.2, 0) is 24.3 Å². The Hall–Kier alpha value is -3.83. The van der Waals surface area contributed by atoms with Gasteiger partial charge in [0.1, 0.15) is 11.6 Å². The number of aromatic nitrogens is 4. The Balaban J connectivity index is 1.92. The number of carbonyl (C=O) groups is 1. The number of imidazole rings is 1. The minimum atomic E-state index is -0.794. The number of aromatic amines is 1. The number of halogens is 1. The summed E-state index contributed by atoms with van der Waals surface area (Å²) in [6.07, 6.45) is 1.58. The second-order valence-electron chi connectivity index (χ2n) is 8.44. The Bertz CT molecular complexity index is 1340. The Morgan fingerprint density at radius 1 is 1.29 bits per heavy atom. The van der Waals surface area contributed by atoms with Crippen molar-refractivity contribution in [3.63, 3.8) is 0 Å². The van der Waals surface area contributed by atoms with Gasteiger partial charge in [0.15, 0.2) is 11.2 Å². The smallest absolute Gasteiger partial charge is 0.323 e. The molecule has 12 heteroatoms. The van der Waals surface area contributed by atoms with Crippen LogP contribution in [0.3, 0.4) is 0 Å². The number of anilines is 1. The second kappa shape index (κ2) is 10.4. The zero-order valence-electron chi connectivity index (χ0n) is 19.3. The summed E-state index contributed by atoms with van der Waals surface area (Å²) in [5.74, 6) is -0.767. The summed E-state index contributed by atoms with van der Waals surface area (Å²) in [4.78, 5) is 54.6. The molecule has 0 aliphatic heterocycles. The van der Waals surface area contributed by atoms with Crippen LogP contribution in [0.4, 0.5) is 15.8 Å². The number of H-pyrrole nitrogens is 1. The molecule has 0 aliphatic rings. The van der Waals surface area contributed by atoms with Crippen LogP contribution in [0.5, 0.6) is 0 Å². The first-order valence-electron chi connectivity index (χ1n) is 11.1. The van der Waals surface area contributed by atoms with Crippen molar-refractivity contribution in [1.29, 1.82) is 0 Å². The number of aryl methyl sites for hydroxylation is 2. The van der Waals surface area contributed by atoms with E-state index in [1.165, 1.54) is 4.57 Å². The third kappa shape index (κ3) is 5.38. The van der Waals surface area contributed by atoms with Gasteiger partial charge < -0.3 is 9.88 Å². The molecule has 0 fully saturated rings. The maximum atomic E-state index is 14.0. The molecule has 0 saturated heterocycles. The Labute approximate surface area is 193 Å². The van der Waals surface area contributed by atoms with Gasteiger partial charge in [0, 0.05) is 38.1 Å². The summed E-state index contributed by atoms with van der Waals surface area (Å²) in [6, 6.07) is 2.87. The number of nitro groups is 1. The van der Waals surface area contributed by atoms with E-state index in [1.807, 2.05) is 20.8 Å². The molecule has 3 aromatic rings. The molecule has 1 aromatic carbocycles. The number of amides is 1. The highest BCUT2D eigenvalue weighted by molar-refractivity contribution is 5.91. The standard InChI is InChI=1S/C22H27FN6O5/c1-4-5-10-27-20-19(21(31)26-22(27)32)28(12-13(2)3)17(25-20)8-9-18(30)24-16-11-14(29(33)34)6-7-15(16)23/h6-7,11,13H,4-5,8-10,12H2,1-3H3,(H,24,30)(H,26,31,32). The first-order valence-corrected chi connectivity index (χ1v) is 11.1. The third-order valence-electron chi connectivity index (χ3n) is 5.26. The highest BCUT2D eigenvalue weighted by atomic mass is 19.1. The van der Waals surface area contributed by atoms with Crippen molar-refractivity contribution < 1.29 is 14.1 Å². The molecule has 0 aliphatic carbocycles. The molecule has 0 unspecified atom stereocenters. The first-order chi connectivity index (χ1) is 16.1. The van der Waals surface area contributed by atoms with Gasteiger partial charge in [-0.1, -0.05) is 27.2 Å². The van der Waals surface area contributed by atoms with Crippen LogP contribution in [0.15, 0.2) is 27.8 Å². The molecule has 11 nitrogen and oxygen atoms in total. The normalized spacial score (nSPS) is 11.3. The molecular weight excluding hydrogens is 447 g/mol. The molecule has 2 N–H and O–H groups in total. The van der Waals surface area contributed by atoms with Gasteiger partial charge in [-0.3, -0.25) is 29.3 Å². The molecule has 0 bridgehead atoms. The number of carbonyl (C=O) groups excluding carboxylic acids is 1. The lowest BCUT2D eigenvalue weighted by atomic mass is 10.2. The van der Waals surface area contributed by atoms with Crippen molar-refractivity contribution >= 4 is 28.4 Å². The lowest BCUT2D eigenvalue weighted by Gasteiger charge is -2.12. The van der Waals surface area contributed by atoms with E-state index in [0.717, 1.165) is 31.0 Å². The summed E-state index contributed by atoms with van der Waals surface area (Å²) in [5, 5.41) is 13.3. The van der Waals surface area contributed by atoms with Crippen molar-refractivity contribution in [3.05, 3.63) is 60.8 Å². The van der Waals surface area contributed by atoms with Crippen molar-refractivity contribution in [2.45, 2.75) is 59.5 Å². The van der Waals surface area contributed by atoms with Crippen molar-refractivity contribution in [3.8, 4) is 0 Å². The molecule has 1 amide bonds. The van der Waals surface area contributed by atoms with Crippen molar-refractivity contribution in [2.75, 3.05) is 5.32 Å². The van der Waals surface area contributed by atoms with Gasteiger partial charge >= 0.3 is 5.69 Å². The van der Waals surface area contributed by atoms with Crippen LogP contribution in [0.25, 0.3) is 11.2 Å². The largest absolute Gasteiger partial charge is 0.330 e. The fraction of sp³-hybridized carbons (Fsp3) is 0.455. The number of nitro benzene ring substituents is 1. The molecule has 0 spiro atoms. The van der Waals surface area contributed by atoms with Gasteiger partial charge in [0.2, 0.25) is 5.91 Å². The predicted molar refractivity (Wildman–Crippen MR) is 124 cm³/mol. The predicted octanol–water partition coefficient (Wildman–Crippen LogP) is 2.96. The van der Waals surface area contributed by atoms with Gasteiger partial charge in [0.05, 0.1) is 10.6 Å². The topological polar surface area (TPSA) is 145 Å². The Kier molecular flexibility index (Phi) is 7.59. The zero-order valence-corrected chi connectivity index (χ0v) is 19.3. The van der Waals surface area contributed by atoms with Crippen LogP contribution in [0.2, 0.25) is 0 Å². The Morgan fingerprint density at radius 3 is 2.68 bits per heavy atom. The highest BCUT2D eigenvalue weighted by Crippen LogP contribution is 2.22. The molecular formula is C22H27FN6O5. The average Bonchev–Trinajstić information content (AvgIpc) is 3.11. The van der Waals surface area contributed by atoms with Gasteiger partial charge in [-0.05, 0) is 18.4 Å². The van der Waals surface area contributed by atoms with E-state index in [2.05, 4.69) is 15.3 Å². The molecule has 3 rings (SSSR count). The molecule has 2 heterocycles. The summed E-state index contributed by atoms with van der Waals surface area (Å²) >= 11 is 0. The molecule has 34 heavy (non-hydrogen) atoms. The summed E-state index contributed by atoms with van der Waals surface area (Å²) in [5.41, 5.74) is -1.19. The average molecular weight is 474 g/mol. The van der Waals surface area contributed by atoms with Gasteiger partial charge in [-0.15, -0.1) is 0 Å². The monoisotopic (exact) mass is 474 g/mol.